The first kappa shape index (κ1) is 22.6. The van der Waals surface area contributed by atoms with E-state index in [1.165, 1.54) is 0 Å². The quantitative estimate of drug-likeness (QED) is 0.432. The van der Waals surface area contributed by atoms with Crippen LogP contribution >= 0.6 is 0 Å². The Morgan fingerprint density at radius 2 is 1.97 bits per heavy atom. The lowest BCUT2D eigenvalue weighted by Gasteiger charge is -2.37. The highest BCUT2D eigenvalue weighted by Gasteiger charge is 2.37. The molecule has 0 aliphatic carbocycles. The minimum Gasteiger partial charge on any atom is -0.466 e. The van der Waals surface area contributed by atoms with E-state index in [9.17, 15) is 37.1 Å². The average Bonchev–Trinajstić information content (AvgIpc) is 2.60. The van der Waals surface area contributed by atoms with Gasteiger partial charge in [0.05, 0.1) is 12.2 Å². The number of Topliss-reactive ketones (excluding diaryl/α,β-unsaturated/α-hetero) is 1. The molecule has 160 valence electrons. The first-order chi connectivity index (χ1) is 13.5. The molecule has 1 aliphatic rings. The molecule has 6 nitrogen and oxygen atoms in total. The van der Waals surface area contributed by atoms with E-state index in [4.69, 9.17) is 4.74 Å². The summed E-state index contributed by atoms with van der Waals surface area (Å²) in [5, 5.41) is 9.38. The van der Waals surface area contributed by atoms with Crippen molar-refractivity contribution in [3.8, 4) is 0 Å². The first-order valence-electron chi connectivity index (χ1n) is 9.06. The number of ether oxygens (including phenoxy) is 1. The van der Waals surface area contributed by atoms with Crippen molar-refractivity contribution in [2.75, 3.05) is 13.2 Å². The van der Waals surface area contributed by atoms with Crippen LogP contribution in [0.5, 0.6) is 0 Å². The Bertz CT molecular complexity index is 780. The summed E-state index contributed by atoms with van der Waals surface area (Å²) in [5.74, 6) is -3.07. The van der Waals surface area contributed by atoms with Gasteiger partial charge in [0.25, 0.3) is 0 Å². The fourth-order valence-corrected chi connectivity index (χ4v) is 3.47. The van der Waals surface area contributed by atoms with Crippen molar-refractivity contribution in [2.24, 2.45) is 5.92 Å². The number of benzene rings is 1. The number of carbonyl (C=O) groups excluding carboxylic acids is 2. The fraction of sp³-hybridized carbons (Fsp3) is 0.526. The van der Waals surface area contributed by atoms with Gasteiger partial charge >= 0.3 is 18.2 Å². The summed E-state index contributed by atoms with van der Waals surface area (Å²) in [4.78, 5) is 36.4. The lowest BCUT2D eigenvalue weighted by atomic mass is 9.84. The highest BCUT2D eigenvalue weighted by atomic mass is 19.4. The predicted octanol–water partition coefficient (Wildman–Crippen LogP) is 3.67. The highest BCUT2D eigenvalue weighted by Crippen LogP contribution is 2.33. The summed E-state index contributed by atoms with van der Waals surface area (Å²) in [6.07, 6.45) is -6.22. The van der Waals surface area contributed by atoms with Gasteiger partial charge in [-0.1, -0.05) is 6.07 Å². The summed E-state index contributed by atoms with van der Waals surface area (Å²) in [5.41, 5.74) is -1.22. The largest absolute Gasteiger partial charge is 0.466 e. The van der Waals surface area contributed by atoms with Gasteiger partial charge in [-0.15, -0.1) is 0 Å². The number of ketones is 1. The molecule has 1 aromatic carbocycles. The number of amides is 1. The van der Waals surface area contributed by atoms with Crippen LogP contribution in [0, 0.1) is 11.7 Å². The van der Waals surface area contributed by atoms with Crippen LogP contribution < -0.4 is 0 Å². The number of carboxylic acid groups (broad SMARTS) is 1. The molecule has 1 fully saturated rings. The van der Waals surface area contributed by atoms with E-state index in [-0.39, 0.29) is 43.8 Å². The summed E-state index contributed by atoms with van der Waals surface area (Å²) < 4.78 is 56.7. The number of esters is 1. The Morgan fingerprint density at radius 1 is 1.28 bits per heavy atom. The second kappa shape index (κ2) is 9.23. The molecule has 1 aliphatic heterocycles. The molecule has 2 rings (SSSR count). The third-order valence-corrected chi connectivity index (χ3v) is 4.85. The zero-order valence-electron chi connectivity index (χ0n) is 15.7. The molecule has 0 bridgehead atoms. The van der Waals surface area contributed by atoms with Gasteiger partial charge in [-0.2, -0.15) is 13.2 Å². The number of alkyl halides is 3. The fourth-order valence-electron chi connectivity index (χ4n) is 3.47. The molecular weight excluding hydrogens is 398 g/mol. The Morgan fingerprint density at radius 3 is 2.52 bits per heavy atom. The molecular formula is C19H21F4NO5. The van der Waals surface area contributed by atoms with Crippen LogP contribution in [-0.2, 0) is 26.9 Å². The molecule has 0 radical (unpaired) electrons. The van der Waals surface area contributed by atoms with E-state index in [1.54, 1.807) is 6.92 Å². The summed E-state index contributed by atoms with van der Waals surface area (Å²) in [7, 11) is 0. The molecule has 29 heavy (non-hydrogen) atoms. The zero-order valence-corrected chi connectivity index (χ0v) is 15.7. The number of halogens is 4. The van der Waals surface area contributed by atoms with Gasteiger partial charge in [-0.3, -0.25) is 9.59 Å². The van der Waals surface area contributed by atoms with Crippen molar-refractivity contribution in [1.29, 1.82) is 0 Å². The lowest BCUT2D eigenvalue weighted by molar-refractivity contribution is -0.147. The summed E-state index contributed by atoms with van der Waals surface area (Å²) in [6.45, 7) is 1.76. The van der Waals surface area contributed by atoms with E-state index < -0.39 is 48.0 Å². The lowest BCUT2D eigenvalue weighted by Crippen LogP contribution is -2.48. The molecule has 10 heteroatoms. The third-order valence-electron chi connectivity index (χ3n) is 4.85. The van der Waals surface area contributed by atoms with E-state index in [0.717, 1.165) is 17.0 Å². The van der Waals surface area contributed by atoms with Crippen LogP contribution in [0.1, 0.15) is 37.3 Å². The van der Waals surface area contributed by atoms with E-state index in [0.29, 0.717) is 6.07 Å². The van der Waals surface area contributed by atoms with Gasteiger partial charge < -0.3 is 14.7 Å². The van der Waals surface area contributed by atoms with Gasteiger partial charge in [0, 0.05) is 18.5 Å². The maximum atomic E-state index is 13.8. The van der Waals surface area contributed by atoms with Crippen LogP contribution in [0.25, 0.3) is 0 Å². The number of likely N-dealkylation sites (tertiary alicyclic amines) is 1. The van der Waals surface area contributed by atoms with Gasteiger partial charge in [0.15, 0.2) is 0 Å². The Balaban J connectivity index is 2.14. The molecule has 2 unspecified atom stereocenters. The van der Waals surface area contributed by atoms with E-state index >= 15 is 0 Å². The molecule has 1 heterocycles. The monoisotopic (exact) mass is 419 g/mol. The highest BCUT2D eigenvalue weighted by molar-refractivity contribution is 5.96. The second-order valence-corrected chi connectivity index (χ2v) is 6.82. The number of hydrogen-bond donors (Lipinski definition) is 1. The minimum atomic E-state index is -4.83. The van der Waals surface area contributed by atoms with Gasteiger partial charge in [0.2, 0.25) is 0 Å². The van der Waals surface area contributed by atoms with E-state index in [1.807, 2.05) is 0 Å². The molecule has 0 aromatic heterocycles. The molecule has 1 aromatic rings. The normalized spacial score (nSPS) is 19.7. The van der Waals surface area contributed by atoms with Gasteiger partial charge in [0.1, 0.15) is 18.0 Å². The summed E-state index contributed by atoms with van der Waals surface area (Å²) in [6, 6.07) is 1.71. The van der Waals surface area contributed by atoms with Crippen molar-refractivity contribution >= 4 is 17.8 Å². The average molecular weight is 419 g/mol. The standard InChI is InChI=1S/C19H21F4NO5/c1-2-29-17(26)10-16(25)12-5-6-24(18(27)28)13(9-12)7-11-3-4-14(15(20)8-11)19(21,22)23/h3-4,8,12-13H,2,5-7,9-10H2,1H3,(H,27,28). The predicted molar refractivity (Wildman–Crippen MR) is 92.6 cm³/mol. The smallest absolute Gasteiger partial charge is 0.419 e. The van der Waals surface area contributed by atoms with Crippen LogP contribution in [0.2, 0.25) is 0 Å². The maximum Gasteiger partial charge on any atom is 0.419 e. The number of carbonyl (C=O) groups is 3. The van der Waals surface area contributed by atoms with Crippen molar-refractivity contribution in [2.45, 2.75) is 44.8 Å². The first-order valence-corrected chi connectivity index (χ1v) is 9.06. The van der Waals surface area contributed by atoms with Crippen LogP contribution in [-0.4, -0.2) is 47.0 Å². The Hall–Kier alpha value is -2.65. The second-order valence-electron chi connectivity index (χ2n) is 6.82. The molecule has 1 amide bonds. The van der Waals surface area contributed by atoms with Crippen LogP contribution in [0.3, 0.4) is 0 Å². The molecule has 1 N–H and O–H groups in total. The topological polar surface area (TPSA) is 83.9 Å². The third kappa shape index (κ3) is 5.91. The Labute approximate surface area is 164 Å². The zero-order chi connectivity index (χ0) is 21.8. The van der Waals surface area contributed by atoms with Crippen molar-refractivity contribution in [3.05, 3.63) is 35.1 Å². The van der Waals surface area contributed by atoms with Crippen LogP contribution in [0.15, 0.2) is 18.2 Å². The van der Waals surface area contributed by atoms with Crippen molar-refractivity contribution < 1.29 is 41.8 Å². The molecule has 1 saturated heterocycles. The van der Waals surface area contributed by atoms with E-state index in [2.05, 4.69) is 0 Å². The molecule has 2 atom stereocenters. The SMILES string of the molecule is CCOC(=O)CC(=O)C1CCN(C(=O)O)C(Cc2ccc(C(F)(F)F)c(F)c2)C1. The molecule has 0 saturated carbocycles. The van der Waals surface area contributed by atoms with Crippen molar-refractivity contribution in [3.63, 3.8) is 0 Å². The van der Waals surface area contributed by atoms with Crippen molar-refractivity contribution in [1.82, 2.24) is 4.90 Å². The maximum absolute atomic E-state index is 13.8. The summed E-state index contributed by atoms with van der Waals surface area (Å²) >= 11 is 0. The number of nitrogens with zero attached hydrogens (tertiary/aromatic N) is 1. The van der Waals surface area contributed by atoms with Crippen LogP contribution in [0.4, 0.5) is 22.4 Å². The number of rotatable bonds is 6. The number of piperidine rings is 1. The Kier molecular flexibility index (Phi) is 7.21. The van der Waals surface area contributed by atoms with Gasteiger partial charge in [-0.25, -0.2) is 9.18 Å². The molecule has 0 spiro atoms. The van der Waals surface area contributed by atoms with Gasteiger partial charge in [-0.05, 0) is 43.9 Å². The number of hydrogen-bond acceptors (Lipinski definition) is 4. The minimum absolute atomic E-state index is 0.0301.